The Bertz CT molecular complexity index is 762. The molecule has 1 N–H and O–H groups in total. The van der Waals surface area contributed by atoms with Gasteiger partial charge in [-0.25, -0.2) is 5.43 Å². The lowest BCUT2D eigenvalue weighted by molar-refractivity contribution is -0.123. The maximum Gasteiger partial charge on any atom is 0.277 e. The first-order valence-electron chi connectivity index (χ1n) is 6.87. The SMILES string of the molecule is O=C(COc1cc(Cl)c(Cl)cc1Cl)NN=CC=Cc1ccccc1. The molecule has 24 heavy (non-hydrogen) atoms. The van der Waals surface area contributed by atoms with Gasteiger partial charge in [0.05, 0.1) is 15.1 Å². The van der Waals surface area contributed by atoms with Gasteiger partial charge >= 0.3 is 0 Å². The van der Waals surface area contributed by atoms with Gasteiger partial charge in [0.2, 0.25) is 0 Å². The number of halogens is 3. The van der Waals surface area contributed by atoms with Crippen molar-refractivity contribution in [3.8, 4) is 5.75 Å². The zero-order valence-electron chi connectivity index (χ0n) is 12.4. The van der Waals surface area contributed by atoms with Crippen LogP contribution in [-0.4, -0.2) is 18.7 Å². The number of carbonyl (C=O) groups excluding carboxylic acids is 1. The number of amides is 1. The summed E-state index contributed by atoms with van der Waals surface area (Å²) >= 11 is 17.6. The number of hydrogen-bond acceptors (Lipinski definition) is 3. The van der Waals surface area contributed by atoms with Crippen molar-refractivity contribution in [1.82, 2.24) is 5.43 Å². The topological polar surface area (TPSA) is 50.7 Å². The number of hydrogen-bond donors (Lipinski definition) is 1. The molecule has 7 heteroatoms. The zero-order valence-corrected chi connectivity index (χ0v) is 14.6. The van der Waals surface area contributed by atoms with Crippen molar-refractivity contribution in [2.24, 2.45) is 5.10 Å². The van der Waals surface area contributed by atoms with E-state index < -0.39 is 5.91 Å². The van der Waals surface area contributed by atoms with Gasteiger partial charge in [-0.05, 0) is 17.7 Å². The van der Waals surface area contributed by atoms with Gasteiger partial charge in [0.15, 0.2) is 6.61 Å². The third-order valence-electron chi connectivity index (χ3n) is 2.77. The number of benzene rings is 2. The first-order valence-corrected chi connectivity index (χ1v) is 8.00. The molecule has 0 heterocycles. The van der Waals surface area contributed by atoms with Crippen LogP contribution in [0.1, 0.15) is 5.56 Å². The van der Waals surface area contributed by atoms with Crippen LogP contribution >= 0.6 is 34.8 Å². The second kappa shape index (κ2) is 9.33. The van der Waals surface area contributed by atoms with Crippen molar-refractivity contribution in [3.05, 3.63) is 69.2 Å². The van der Waals surface area contributed by atoms with Crippen LogP contribution in [0.25, 0.3) is 6.08 Å². The van der Waals surface area contributed by atoms with E-state index in [-0.39, 0.29) is 17.4 Å². The third kappa shape index (κ3) is 5.89. The Balaban J connectivity index is 1.78. The van der Waals surface area contributed by atoms with Crippen LogP contribution < -0.4 is 10.2 Å². The van der Waals surface area contributed by atoms with Crippen LogP contribution in [0.5, 0.6) is 5.75 Å². The molecule has 0 saturated heterocycles. The van der Waals surface area contributed by atoms with Crippen LogP contribution in [0.3, 0.4) is 0 Å². The lowest BCUT2D eigenvalue weighted by Crippen LogP contribution is -2.24. The summed E-state index contributed by atoms with van der Waals surface area (Å²) in [6.07, 6.45) is 5.05. The Morgan fingerprint density at radius 2 is 1.79 bits per heavy atom. The molecule has 0 aromatic heterocycles. The minimum absolute atomic E-state index is 0.253. The van der Waals surface area contributed by atoms with E-state index >= 15 is 0 Å². The molecule has 0 unspecified atom stereocenters. The molecule has 2 rings (SSSR count). The maximum absolute atomic E-state index is 11.6. The van der Waals surface area contributed by atoms with E-state index in [0.717, 1.165) is 5.56 Å². The normalized spacial score (nSPS) is 11.1. The van der Waals surface area contributed by atoms with Crippen molar-refractivity contribution < 1.29 is 9.53 Å². The van der Waals surface area contributed by atoms with E-state index in [4.69, 9.17) is 39.5 Å². The predicted octanol–water partition coefficient (Wildman–Crippen LogP) is 4.84. The molecule has 0 aliphatic carbocycles. The highest BCUT2D eigenvalue weighted by atomic mass is 35.5. The van der Waals surface area contributed by atoms with Crippen molar-refractivity contribution >= 4 is 53.0 Å². The number of nitrogens with zero attached hydrogens (tertiary/aromatic N) is 1. The van der Waals surface area contributed by atoms with Crippen LogP contribution in [0, 0.1) is 0 Å². The lowest BCUT2D eigenvalue weighted by Gasteiger charge is -2.08. The van der Waals surface area contributed by atoms with E-state index in [1.165, 1.54) is 18.3 Å². The van der Waals surface area contributed by atoms with E-state index in [0.29, 0.717) is 10.0 Å². The molecule has 2 aromatic rings. The first kappa shape index (κ1) is 18.3. The zero-order chi connectivity index (χ0) is 17.4. The van der Waals surface area contributed by atoms with Crippen molar-refractivity contribution in [3.63, 3.8) is 0 Å². The van der Waals surface area contributed by atoms with E-state index in [9.17, 15) is 4.79 Å². The molecule has 0 bridgehead atoms. The van der Waals surface area contributed by atoms with Crippen LogP contribution in [0.15, 0.2) is 53.6 Å². The summed E-state index contributed by atoms with van der Waals surface area (Å²) in [5.41, 5.74) is 3.37. The molecule has 0 fully saturated rings. The Morgan fingerprint density at radius 1 is 1.08 bits per heavy atom. The highest BCUT2D eigenvalue weighted by molar-refractivity contribution is 6.43. The van der Waals surface area contributed by atoms with E-state index in [2.05, 4.69) is 10.5 Å². The highest BCUT2D eigenvalue weighted by Crippen LogP contribution is 2.33. The largest absolute Gasteiger partial charge is 0.482 e. The molecule has 1 amide bonds. The van der Waals surface area contributed by atoms with Crippen LogP contribution in [0.4, 0.5) is 0 Å². The molecule has 0 aliphatic rings. The molecule has 4 nitrogen and oxygen atoms in total. The minimum atomic E-state index is -0.429. The summed E-state index contributed by atoms with van der Waals surface area (Å²) in [6.45, 7) is -0.253. The third-order valence-corrected chi connectivity index (χ3v) is 3.79. The minimum Gasteiger partial charge on any atom is -0.482 e. The van der Waals surface area contributed by atoms with Gasteiger partial charge in [-0.3, -0.25) is 4.79 Å². The van der Waals surface area contributed by atoms with Gasteiger partial charge in [-0.15, -0.1) is 0 Å². The Labute approximate surface area is 154 Å². The number of rotatable bonds is 6. The molecule has 0 spiro atoms. The average Bonchev–Trinajstić information content (AvgIpc) is 2.57. The van der Waals surface area contributed by atoms with Crippen LogP contribution in [0.2, 0.25) is 15.1 Å². The molecule has 0 atom stereocenters. The molecule has 0 aliphatic heterocycles. The van der Waals surface area contributed by atoms with Gasteiger partial charge in [0.25, 0.3) is 5.91 Å². The maximum atomic E-state index is 11.6. The second-order valence-corrected chi connectivity index (χ2v) is 5.79. The van der Waals surface area contributed by atoms with Crippen molar-refractivity contribution in [1.29, 1.82) is 0 Å². The average molecular weight is 384 g/mol. The summed E-state index contributed by atoms with van der Waals surface area (Å²) in [5, 5.41) is 4.66. The lowest BCUT2D eigenvalue weighted by atomic mass is 10.2. The number of nitrogens with one attached hydrogen (secondary N) is 1. The Kier molecular flexibility index (Phi) is 7.12. The van der Waals surface area contributed by atoms with Gasteiger partial charge in [0, 0.05) is 12.3 Å². The van der Waals surface area contributed by atoms with Gasteiger partial charge in [0.1, 0.15) is 5.75 Å². The van der Waals surface area contributed by atoms with Gasteiger partial charge in [-0.1, -0.05) is 71.2 Å². The number of carbonyl (C=O) groups is 1. The smallest absolute Gasteiger partial charge is 0.277 e. The van der Waals surface area contributed by atoms with Crippen molar-refractivity contribution in [2.45, 2.75) is 0 Å². The quantitative estimate of drug-likeness (QED) is 0.441. The summed E-state index contributed by atoms with van der Waals surface area (Å²) in [7, 11) is 0. The fourth-order valence-electron chi connectivity index (χ4n) is 1.66. The summed E-state index contributed by atoms with van der Waals surface area (Å²) < 4.78 is 5.28. The Morgan fingerprint density at radius 3 is 2.54 bits per heavy atom. The second-order valence-electron chi connectivity index (χ2n) is 4.57. The van der Waals surface area contributed by atoms with Crippen LogP contribution in [-0.2, 0) is 4.79 Å². The fourth-order valence-corrected chi connectivity index (χ4v) is 2.25. The predicted molar refractivity (Wildman–Crippen MR) is 99.1 cm³/mol. The number of ether oxygens (including phenoxy) is 1. The monoisotopic (exact) mass is 382 g/mol. The molecule has 0 radical (unpaired) electrons. The molecule has 0 saturated carbocycles. The number of hydrazone groups is 1. The van der Waals surface area contributed by atoms with E-state index in [1.807, 2.05) is 36.4 Å². The molecular formula is C17H13Cl3N2O2. The van der Waals surface area contributed by atoms with E-state index in [1.54, 1.807) is 6.08 Å². The van der Waals surface area contributed by atoms with Gasteiger partial charge < -0.3 is 4.74 Å². The van der Waals surface area contributed by atoms with Gasteiger partial charge in [-0.2, -0.15) is 5.10 Å². The molecule has 124 valence electrons. The van der Waals surface area contributed by atoms with Crippen molar-refractivity contribution in [2.75, 3.05) is 6.61 Å². The summed E-state index contributed by atoms with van der Waals surface area (Å²) in [5.74, 6) is -0.157. The first-order chi connectivity index (χ1) is 11.6. The Hall–Kier alpha value is -2.01. The number of allylic oxidation sites excluding steroid dienone is 1. The summed E-state index contributed by atoms with van der Waals surface area (Å²) in [6, 6.07) is 12.6. The summed E-state index contributed by atoms with van der Waals surface area (Å²) in [4.78, 5) is 11.6. The highest BCUT2D eigenvalue weighted by Gasteiger charge is 2.09. The standard InChI is InChI=1S/C17H13Cl3N2O2/c18-13-9-15(20)16(10-14(13)19)24-11-17(23)22-21-8-4-7-12-5-2-1-3-6-12/h1-10H,11H2,(H,22,23). The molecular weight excluding hydrogens is 371 g/mol. The fraction of sp³-hybridized carbons (Fsp3) is 0.0588. The molecule has 2 aromatic carbocycles.